The number of methoxy groups -OCH3 is 1. The highest BCUT2D eigenvalue weighted by Gasteiger charge is 2.12. The number of ether oxygens (including phenoxy) is 1. The normalized spacial score (nSPS) is 10.7. The lowest BCUT2D eigenvalue weighted by atomic mass is 10.0. The highest BCUT2D eigenvalue weighted by molar-refractivity contribution is 5.98. The lowest BCUT2D eigenvalue weighted by Gasteiger charge is -2.10. The SMILES string of the molecule is COc1ccc(-c2cccc(CNC(=O)c3cc4cccnc4nc3C)c2)cc1. The van der Waals surface area contributed by atoms with Crippen LogP contribution in [0.1, 0.15) is 21.6 Å². The monoisotopic (exact) mass is 383 g/mol. The highest BCUT2D eigenvalue weighted by Crippen LogP contribution is 2.23. The molecule has 0 unspecified atom stereocenters. The van der Waals surface area contributed by atoms with Gasteiger partial charge < -0.3 is 10.1 Å². The van der Waals surface area contributed by atoms with Crippen molar-refractivity contribution in [2.75, 3.05) is 7.11 Å². The summed E-state index contributed by atoms with van der Waals surface area (Å²) in [7, 11) is 1.65. The molecule has 0 spiro atoms. The number of hydrogen-bond acceptors (Lipinski definition) is 4. The molecule has 0 aliphatic heterocycles. The Labute approximate surface area is 169 Å². The van der Waals surface area contributed by atoms with E-state index in [1.165, 1.54) is 0 Å². The zero-order chi connectivity index (χ0) is 20.2. The number of aryl methyl sites for hydroxylation is 1. The third-order valence-electron chi connectivity index (χ3n) is 4.83. The molecule has 4 aromatic rings. The van der Waals surface area contributed by atoms with Crippen LogP contribution in [0.25, 0.3) is 22.2 Å². The number of carbonyl (C=O) groups is 1. The number of aromatic nitrogens is 2. The van der Waals surface area contributed by atoms with Crippen molar-refractivity contribution in [3.05, 3.63) is 89.7 Å². The van der Waals surface area contributed by atoms with Gasteiger partial charge in [0, 0.05) is 18.1 Å². The van der Waals surface area contributed by atoms with Gasteiger partial charge in [-0.25, -0.2) is 9.97 Å². The van der Waals surface area contributed by atoms with E-state index in [0.29, 0.717) is 23.4 Å². The number of hydrogen-bond donors (Lipinski definition) is 1. The van der Waals surface area contributed by atoms with Crippen molar-refractivity contribution >= 4 is 16.9 Å². The van der Waals surface area contributed by atoms with Gasteiger partial charge in [-0.15, -0.1) is 0 Å². The molecule has 0 atom stereocenters. The van der Waals surface area contributed by atoms with Gasteiger partial charge in [-0.05, 0) is 60.0 Å². The minimum atomic E-state index is -0.143. The molecule has 1 N–H and O–H groups in total. The summed E-state index contributed by atoms with van der Waals surface area (Å²) >= 11 is 0. The molecule has 2 aromatic carbocycles. The summed E-state index contributed by atoms with van der Waals surface area (Å²) in [5.74, 6) is 0.683. The second kappa shape index (κ2) is 8.10. The molecule has 0 fully saturated rings. The molecular formula is C24H21N3O2. The van der Waals surface area contributed by atoms with Crippen molar-refractivity contribution < 1.29 is 9.53 Å². The fraction of sp³-hybridized carbons (Fsp3) is 0.125. The Balaban J connectivity index is 1.50. The van der Waals surface area contributed by atoms with Crippen molar-refractivity contribution in [2.45, 2.75) is 13.5 Å². The summed E-state index contributed by atoms with van der Waals surface area (Å²) in [4.78, 5) is 21.4. The third-order valence-corrected chi connectivity index (χ3v) is 4.83. The number of fused-ring (bicyclic) bond motifs is 1. The van der Waals surface area contributed by atoms with Gasteiger partial charge in [0.15, 0.2) is 5.65 Å². The van der Waals surface area contributed by atoms with E-state index in [0.717, 1.165) is 27.8 Å². The maximum Gasteiger partial charge on any atom is 0.253 e. The summed E-state index contributed by atoms with van der Waals surface area (Å²) in [6.07, 6.45) is 1.70. The van der Waals surface area contributed by atoms with Gasteiger partial charge in [-0.1, -0.05) is 30.3 Å². The summed E-state index contributed by atoms with van der Waals surface area (Å²) in [5, 5.41) is 3.85. The Morgan fingerprint density at radius 3 is 2.62 bits per heavy atom. The van der Waals surface area contributed by atoms with Crippen LogP contribution in [0, 0.1) is 6.92 Å². The van der Waals surface area contributed by atoms with E-state index in [9.17, 15) is 4.79 Å². The molecule has 5 nitrogen and oxygen atoms in total. The minimum Gasteiger partial charge on any atom is -0.497 e. The first-order valence-corrected chi connectivity index (χ1v) is 9.38. The molecule has 2 aromatic heterocycles. The fourth-order valence-electron chi connectivity index (χ4n) is 3.25. The van der Waals surface area contributed by atoms with Gasteiger partial charge >= 0.3 is 0 Å². The highest BCUT2D eigenvalue weighted by atomic mass is 16.5. The van der Waals surface area contributed by atoms with E-state index in [2.05, 4.69) is 27.4 Å². The molecule has 4 rings (SSSR count). The van der Waals surface area contributed by atoms with Gasteiger partial charge in [-0.2, -0.15) is 0 Å². The number of nitrogens with zero attached hydrogens (tertiary/aromatic N) is 2. The average Bonchev–Trinajstić information content (AvgIpc) is 2.77. The second-order valence-corrected chi connectivity index (χ2v) is 6.78. The molecule has 2 heterocycles. The molecule has 0 saturated carbocycles. The summed E-state index contributed by atoms with van der Waals surface area (Å²) < 4.78 is 5.22. The predicted molar refractivity (Wildman–Crippen MR) is 114 cm³/mol. The van der Waals surface area contributed by atoms with E-state index in [-0.39, 0.29) is 5.91 Å². The maximum atomic E-state index is 12.7. The van der Waals surface area contributed by atoms with Crippen molar-refractivity contribution in [3.63, 3.8) is 0 Å². The number of benzene rings is 2. The molecule has 1 amide bonds. The molecule has 0 radical (unpaired) electrons. The Morgan fingerprint density at radius 1 is 1.00 bits per heavy atom. The van der Waals surface area contributed by atoms with Gasteiger partial charge in [-0.3, -0.25) is 4.79 Å². The van der Waals surface area contributed by atoms with Crippen molar-refractivity contribution in [2.24, 2.45) is 0 Å². The van der Waals surface area contributed by atoms with Gasteiger partial charge in [0.2, 0.25) is 0 Å². The second-order valence-electron chi connectivity index (χ2n) is 6.78. The summed E-state index contributed by atoms with van der Waals surface area (Å²) in [6.45, 7) is 2.26. The van der Waals surface area contributed by atoms with Crippen LogP contribution in [-0.2, 0) is 6.54 Å². The van der Waals surface area contributed by atoms with Crippen LogP contribution >= 0.6 is 0 Å². The van der Waals surface area contributed by atoms with Crippen LogP contribution in [-0.4, -0.2) is 23.0 Å². The largest absolute Gasteiger partial charge is 0.497 e. The van der Waals surface area contributed by atoms with Crippen LogP contribution < -0.4 is 10.1 Å². The molecule has 144 valence electrons. The average molecular weight is 383 g/mol. The third kappa shape index (κ3) is 4.09. The van der Waals surface area contributed by atoms with Crippen molar-refractivity contribution in [1.82, 2.24) is 15.3 Å². The standard InChI is InChI=1S/C24H21N3O2/c1-16-22(14-20-7-4-12-25-23(20)27-16)24(28)26-15-17-5-3-6-19(13-17)18-8-10-21(29-2)11-9-18/h3-14H,15H2,1-2H3,(H,26,28). The summed E-state index contributed by atoms with van der Waals surface area (Å²) in [6, 6.07) is 21.6. The van der Waals surface area contributed by atoms with E-state index in [1.54, 1.807) is 13.3 Å². The van der Waals surface area contributed by atoms with E-state index >= 15 is 0 Å². The summed E-state index contributed by atoms with van der Waals surface area (Å²) in [5.41, 5.74) is 5.10. The van der Waals surface area contributed by atoms with E-state index in [4.69, 9.17) is 4.74 Å². The fourth-order valence-corrected chi connectivity index (χ4v) is 3.25. The topological polar surface area (TPSA) is 64.1 Å². The van der Waals surface area contributed by atoms with E-state index < -0.39 is 0 Å². The van der Waals surface area contributed by atoms with Crippen LogP contribution in [0.4, 0.5) is 0 Å². The number of carbonyl (C=O) groups excluding carboxylic acids is 1. The number of pyridine rings is 2. The Bertz CT molecular complexity index is 1170. The first kappa shape index (κ1) is 18.6. The lowest BCUT2D eigenvalue weighted by molar-refractivity contribution is 0.0950. The van der Waals surface area contributed by atoms with Crippen LogP contribution in [0.3, 0.4) is 0 Å². The van der Waals surface area contributed by atoms with Crippen LogP contribution in [0.15, 0.2) is 72.9 Å². The number of amides is 1. The smallest absolute Gasteiger partial charge is 0.253 e. The first-order chi connectivity index (χ1) is 14.1. The Kier molecular flexibility index (Phi) is 5.20. The maximum absolute atomic E-state index is 12.7. The number of nitrogens with one attached hydrogen (secondary N) is 1. The Hall–Kier alpha value is -3.73. The minimum absolute atomic E-state index is 0.143. The zero-order valence-electron chi connectivity index (χ0n) is 16.3. The van der Waals surface area contributed by atoms with Gasteiger partial charge in [0.05, 0.1) is 18.4 Å². The number of rotatable bonds is 5. The van der Waals surface area contributed by atoms with Crippen LogP contribution in [0.5, 0.6) is 5.75 Å². The van der Waals surface area contributed by atoms with Gasteiger partial charge in [0.25, 0.3) is 5.91 Å². The molecule has 0 aliphatic carbocycles. The zero-order valence-corrected chi connectivity index (χ0v) is 16.3. The molecule has 0 bridgehead atoms. The van der Waals surface area contributed by atoms with Crippen LogP contribution in [0.2, 0.25) is 0 Å². The molecule has 5 heteroatoms. The molecular weight excluding hydrogens is 362 g/mol. The molecule has 0 aliphatic rings. The lowest BCUT2D eigenvalue weighted by Crippen LogP contribution is -2.24. The Morgan fingerprint density at radius 2 is 1.83 bits per heavy atom. The first-order valence-electron chi connectivity index (χ1n) is 9.38. The van der Waals surface area contributed by atoms with Crippen molar-refractivity contribution in [3.8, 4) is 16.9 Å². The van der Waals surface area contributed by atoms with Gasteiger partial charge in [0.1, 0.15) is 5.75 Å². The molecule has 29 heavy (non-hydrogen) atoms. The quantitative estimate of drug-likeness (QED) is 0.549. The predicted octanol–water partition coefficient (Wildman–Crippen LogP) is 4.54. The van der Waals surface area contributed by atoms with E-state index in [1.807, 2.05) is 61.5 Å². The van der Waals surface area contributed by atoms with Crippen molar-refractivity contribution in [1.29, 1.82) is 0 Å². The molecule has 0 saturated heterocycles.